The van der Waals surface area contributed by atoms with Gasteiger partial charge >= 0.3 is 5.69 Å². The molecule has 1 aromatic heterocycles. The fourth-order valence-electron chi connectivity index (χ4n) is 1.98. The second-order valence-corrected chi connectivity index (χ2v) is 5.66. The summed E-state index contributed by atoms with van der Waals surface area (Å²) in [5.74, 6) is 0. The zero-order valence-electron chi connectivity index (χ0n) is 10.6. The van der Waals surface area contributed by atoms with E-state index in [0.717, 1.165) is 6.54 Å². The molecule has 0 aliphatic heterocycles. The van der Waals surface area contributed by atoms with E-state index in [0.29, 0.717) is 6.54 Å². The van der Waals surface area contributed by atoms with E-state index >= 15 is 0 Å². The van der Waals surface area contributed by atoms with Crippen LogP contribution in [0.5, 0.6) is 0 Å². The topological polar surface area (TPSA) is 58.1 Å². The van der Waals surface area contributed by atoms with Crippen LogP contribution in [0.15, 0.2) is 15.7 Å². The van der Waals surface area contributed by atoms with Crippen LogP contribution in [0, 0.1) is 5.41 Å². The predicted octanol–water partition coefficient (Wildman–Crippen LogP) is 0.778. The van der Waals surface area contributed by atoms with E-state index in [-0.39, 0.29) is 16.1 Å². The quantitative estimate of drug-likeness (QED) is 0.813. The molecule has 0 saturated heterocycles. The minimum absolute atomic E-state index is 0.0710. The number of aromatic nitrogens is 2. The van der Waals surface area contributed by atoms with Gasteiger partial charge in [-0.05, 0) is 19.5 Å². The van der Waals surface area contributed by atoms with Crippen molar-refractivity contribution in [2.75, 3.05) is 20.6 Å². The molecule has 0 amide bonds. The number of aromatic amines is 1. The molecular formula is C11H18ClN3O2. The van der Waals surface area contributed by atoms with E-state index in [1.807, 2.05) is 32.8 Å². The van der Waals surface area contributed by atoms with Gasteiger partial charge in [-0.25, -0.2) is 4.79 Å². The number of H-pyrrole nitrogens is 1. The summed E-state index contributed by atoms with van der Waals surface area (Å²) < 4.78 is 1.18. The highest BCUT2D eigenvalue weighted by molar-refractivity contribution is 6.29. The van der Waals surface area contributed by atoms with Gasteiger partial charge in [0.05, 0.1) is 0 Å². The van der Waals surface area contributed by atoms with Gasteiger partial charge in [0.15, 0.2) is 0 Å². The molecule has 0 aromatic carbocycles. The highest BCUT2D eigenvalue weighted by Crippen LogP contribution is 2.17. The van der Waals surface area contributed by atoms with Crippen LogP contribution in [-0.4, -0.2) is 35.1 Å². The summed E-state index contributed by atoms with van der Waals surface area (Å²) in [6.45, 7) is 5.15. The minimum atomic E-state index is -0.464. The van der Waals surface area contributed by atoms with Crippen LogP contribution < -0.4 is 11.2 Å². The summed E-state index contributed by atoms with van der Waals surface area (Å²) in [5, 5.41) is 0.0710. The molecule has 0 saturated carbocycles. The van der Waals surface area contributed by atoms with Crippen LogP contribution in [0.2, 0.25) is 5.15 Å². The van der Waals surface area contributed by atoms with E-state index in [1.165, 1.54) is 10.6 Å². The second kappa shape index (κ2) is 5.06. The van der Waals surface area contributed by atoms with Gasteiger partial charge in [-0.15, -0.1) is 0 Å². The third-order valence-corrected chi connectivity index (χ3v) is 2.52. The van der Waals surface area contributed by atoms with Crippen molar-refractivity contribution < 1.29 is 0 Å². The molecule has 6 heteroatoms. The predicted molar refractivity (Wildman–Crippen MR) is 68.7 cm³/mol. The number of hydrogen-bond acceptors (Lipinski definition) is 3. The Morgan fingerprint density at radius 3 is 2.47 bits per heavy atom. The number of hydrogen-bond donors (Lipinski definition) is 1. The third-order valence-electron chi connectivity index (χ3n) is 2.32. The van der Waals surface area contributed by atoms with Gasteiger partial charge in [-0.3, -0.25) is 14.3 Å². The Labute approximate surface area is 105 Å². The highest BCUT2D eigenvalue weighted by Gasteiger charge is 2.21. The van der Waals surface area contributed by atoms with E-state index < -0.39 is 5.69 Å². The fourth-order valence-corrected chi connectivity index (χ4v) is 2.15. The summed E-state index contributed by atoms with van der Waals surface area (Å²) in [7, 11) is 3.91. The molecule has 1 aromatic rings. The zero-order chi connectivity index (χ0) is 13.2. The lowest BCUT2D eigenvalue weighted by molar-refractivity contribution is 0.206. The van der Waals surface area contributed by atoms with Gasteiger partial charge < -0.3 is 4.90 Å². The van der Waals surface area contributed by atoms with E-state index in [4.69, 9.17) is 11.6 Å². The van der Waals surface area contributed by atoms with E-state index in [9.17, 15) is 9.59 Å². The number of rotatable bonds is 4. The number of nitrogens with zero attached hydrogens (tertiary/aromatic N) is 2. The lowest BCUT2D eigenvalue weighted by Crippen LogP contribution is -2.42. The van der Waals surface area contributed by atoms with Gasteiger partial charge in [0, 0.05) is 19.2 Å². The fraction of sp³-hybridized carbons (Fsp3) is 0.636. The maximum absolute atomic E-state index is 11.7. The molecule has 1 rings (SSSR count). The van der Waals surface area contributed by atoms with Crippen molar-refractivity contribution in [1.29, 1.82) is 0 Å². The Kier molecular flexibility index (Phi) is 4.16. The number of nitrogens with one attached hydrogen (secondary N) is 1. The summed E-state index contributed by atoms with van der Waals surface area (Å²) >= 11 is 5.60. The molecular weight excluding hydrogens is 242 g/mol. The summed E-state index contributed by atoms with van der Waals surface area (Å²) in [6.07, 6.45) is 0. The van der Waals surface area contributed by atoms with Gasteiger partial charge in [0.1, 0.15) is 5.15 Å². The van der Waals surface area contributed by atoms with Crippen LogP contribution in [0.3, 0.4) is 0 Å². The van der Waals surface area contributed by atoms with Crippen molar-refractivity contribution in [3.63, 3.8) is 0 Å². The Morgan fingerprint density at radius 1 is 1.41 bits per heavy atom. The molecule has 0 fully saturated rings. The van der Waals surface area contributed by atoms with Crippen molar-refractivity contribution >= 4 is 11.6 Å². The highest BCUT2D eigenvalue weighted by atomic mass is 35.5. The van der Waals surface area contributed by atoms with Gasteiger partial charge in [-0.2, -0.15) is 0 Å². The first kappa shape index (κ1) is 14.0. The summed E-state index contributed by atoms with van der Waals surface area (Å²) in [5.41, 5.74) is -1.01. The minimum Gasteiger partial charge on any atom is -0.309 e. The Hall–Kier alpha value is -1.07. The van der Waals surface area contributed by atoms with Crippen LogP contribution >= 0.6 is 11.6 Å². The van der Waals surface area contributed by atoms with Crippen LogP contribution in [0.1, 0.15) is 13.8 Å². The van der Waals surface area contributed by atoms with Crippen molar-refractivity contribution in [2.45, 2.75) is 20.4 Å². The second-order valence-electron chi connectivity index (χ2n) is 5.25. The average Bonchev–Trinajstić information content (AvgIpc) is 2.09. The molecule has 1 N–H and O–H groups in total. The Morgan fingerprint density at radius 2 is 2.00 bits per heavy atom. The Balaban J connectivity index is 3.04. The molecule has 0 radical (unpaired) electrons. The first-order valence-corrected chi connectivity index (χ1v) is 5.73. The molecule has 0 atom stereocenters. The summed E-state index contributed by atoms with van der Waals surface area (Å²) in [4.78, 5) is 27.7. The van der Waals surface area contributed by atoms with E-state index in [2.05, 4.69) is 4.98 Å². The lowest BCUT2D eigenvalue weighted by atomic mass is 9.93. The van der Waals surface area contributed by atoms with E-state index in [1.54, 1.807) is 0 Å². The molecule has 0 spiro atoms. The largest absolute Gasteiger partial charge is 0.329 e. The average molecular weight is 260 g/mol. The van der Waals surface area contributed by atoms with Crippen molar-refractivity contribution in [3.05, 3.63) is 32.1 Å². The monoisotopic (exact) mass is 259 g/mol. The standard InChI is InChI=1S/C11H18ClN3O2/c1-11(2,6-14(3)4)7-15-9(16)5-8(12)13-10(15)17/h5H,6-7H2,1-4H3,(H,13,17). The molecule has 0 unspecified atom stereocenters. The molecule has 0 bridgehead atoms. The van der Waals surface area contributed by atoms with Crippen molar-refractivity contribution in [2.24, 2.45) is 5.41 Å². The van der Waals surface area contributed by atoms with Gasteiger partial charge in [-0.1, -0.05) is 25.4 Å². The molecule has 96 valence electrons. The molecule has 0 aliphatic rings. The van der Waals surface area contributed by atoms with Crippen LogP contribution in [-0.2, 0) is 6.54 Å². The van der Waals surface area contributed by atoms with Crippen LogP contribution in [0.25, 0.3) is 0 Å². The third kappa shape index (κ3) is 4.02. The van der Waals surface area contributed by atoms with Crippen molar-refractivity contribution in [3.8, 4) is 0 Å². The van der Waals surface area contributed by atoms with Crippen LogP contribution in [0.4, 0.5) is 0 Å². The number of halogens is 1. The van der Waals surface area contributed by atoms with Gasteiger partial charge in [0.2, 0.25) is 0 Å². The lowest BCUT2D eigenvalue weighted by Gasteiger charge is -2.28. The smallest absolute Gasteiger partial charge is 0.309 e. The first-order chi connectivity index (χ1) is 7.71. The molecule has 17 heavy (non-hydrogen) atoms. The molecule has 5 nitrogen and oxygen atoms in total. The molecule has 1 heterocycles. The maximum atomic E-state index is 11.7. The van der Waals surface area contributed by atoms with Crippen molar-refractivity contribution in [1.82, 2.24) is 14.5 Å². The zero-order valence-corrected chi connectivity index (χ0v) is 11.3. The summed E-state index contributed by atoms with van der Waals surface area (Å²) in [6, 6.07) is 1.22. The van der Waals surface area contributed by atoms with Gasteiger partial charge in [0.25, 0.3) is 5.56 Å². The SMILES string of the molecule is CN(C)CC(C)(C)Cn1c(=O)cc(Cl)[nH]c1=O. The Bertz CT molecular complexity index is 471. The molecule has 0 aliphatic carbocycles. The first-order valence-electron chi connectivity index (χ1n) is 5.36. The maximum Gasteiger partial charge on any atom is 0.329 e. The normalized spacial score (nSPS) is 12.1.